The molecule has 3 aromatic heterocycles. The molecule has 4 aromatic rings. The van der Waals surface area contributed by atoms with Crippen molar-refractivity contribution in [3.05, 3.63) is 90.5 Å². The van der Waals surface area contributed by atoms with Gasteiger partial charge < -0.3 is 5.11 Å². The minimum atomic E-state index is -0.806. The molecule has 1 unspecified atom stereocenters. The van der Waals surface area contributed by atoms with E-state index in [0.717, 1.165) is 27.7 Å². The molecule has 0 aliphatic heterocycles. The first-order valence-electron chi connectivity index (χ1n) is 7.72. The van der Waals surface area contributed by atoms with Crippen LogP contribution in [-0.2, 0) is 0 Å². The SMILES string of the molecule is OC(c1ccccn1)c1cc(-c2ccncc2)nc2ccccc12. The summed E-state index contributed by atoms with van der Waals surface area (Å²) in [5.74, 6) is 0. The highest BCUT2D eigenvalue weighted by atomic mass is 16.3. The molecule has 0 aliphatic rings. The van der Waals surface area contributed by atoms with Crippen LogP contribution in [-0.4, -0.2) is 20.1 Å². The molecular formula is C20H15N3O. The average molecular weight is 313 g/mol. The van der Waals surface area contributed by atoms with Crippen LogP contribution >= 0.6 is 0 Å². The van der Waals surface area contributed by atoms with Gasteiger partial charge in [0.15, 0.2) is 0 Å². The van der Waals surface area contributed by atoms with E-state index < -0.39 is 6.10 Å². The average Bonchev–Trinajstić information content (AvgIpc) is 2.68. The van der Waals surface area contributed by atoms with Gasteiger partial charge in [0.2, 0.25) is 0 Å². The topological polar surface area (TPSA) is 58.9 Å². The number of aliphatic hydroxyl groups is 1. The number of aromatic nitrogens is 3. The molecule has 4 heteroatoms. The Bertz CT molecular complexity index is 972. The highest BCUT2D eigenvalue weighted by Gasteiger charge is 2.17. The van der Waals surface area contributed by atoms with Crippen LogP contribution in [0.5, 0.6) is 0 Å². The molecule has 1 N–H and O–H groups in total. The van der Waals surface area contributed by atoms with Crippen LogP contribution in [0.3, 0.4) is 0 Å². The second-order valence-corrected chi connectivity index (χ2v) is 5.51. The van der Waals surface area contributed by atoms with Crippen molar-refractivity contribution in [1.29, 1.82) is 0 Å². The molecule has 0 spiro atoms. The number of fused-ring (bicyclic) bond motifs is 1. The van der Waals surface area contributed by atoms with Crippen LogP contribution in [0.1, 0.15) is 17.4 Å². The summed E-state index contributed by atoms with van der Waals surface area (Å²) in [5.41, 5.74) is 4.03. The predicted octanol–water partition coefficient (Wildman–Crippen LogP) is 3.77. The van der Waals surface area contributed by atoms with Crippen LogP contribution in [0.4, 0.5) is 0 Å². The second kappa shape index (κ2) is 6.18. The lowest BCUT2D eigenvalue weighted by atomic mass is 9.98. The number of para-hydroxylation sites is 1. The maximum atomic E-state index is 10.9. The number of nitrogens with zero attached hydrogens (tertiary/aromatic N) is 3. The van der Waals surface area contributed by atoms with Gasteiger partial charge in [0.1, 0.15) is 6.10 Å². The van der Waals surface area contributed by atoms with Crippen molar-refractivity contribution in [2.45, 2.75) is 6.10 Å². The molecule has 0 amide bonds. The molecule has 1 atom stereocenters. The molecule has 0 radical (unpaired) electrons. The van der Waals surface area contributed by atoms with Gasteiger partial charge >= 0.3 is 0 Å². The minimum Gasteiger partial charge on any atom is -0.382 e. The number of benzene rings is 1. The summed E-state index contributed by atoms with van der Waals surface area (Å²) in [6.07, 6.45) is 4.35. The maximum Gasteiger partial charge on any atom is 0.122 e. The van der Waals surface area contributed by atoms with Gasteiger partial charge in [-0.2, -0.15) is 0 Å². The summed E-state index contributed by atoms with van der Waals surface area (Å²) in [4.78, 5) is 13.1. The summed E-state index contributed by atoms with van der Waals surface area (Å²) in [5, 5.41) is 11.8. The summed E-state index contributed by atoms with van der Waals surface area (Å²) >= 11 is 0. The maximum absolute atomic E-state index is 10.9. The highest BCUT2D eigenvalue weighted by Crippen LogP contribution is 2.31. The zero-order chi connectivity index (χ0) is 16.4. The summed E-state index contributed by atoms with van der Waals surface area (Å²) in [6.45, 7) is 0. The zero-order valence-corrected chi connectivity index (χ0v) is 12.9. The molecule has 0 saturated carbocycles. The van der Waals surface area contributed by atoms with Crippen molar-refractivity contribution in [3.8, 4) is 11.3 Å². The largest absolute Gasteiger partial charge is 0.382 e. The molecule has 1 aromatic carbocycles. The van der Waals surface area contributed by atoms with Crippen molar-refractivity contribution in [2.75, 3.05) is 0 Å². The third kappa shape index (κ3) is 2.64. The third-order valence-corrected chi connectivity index (χ3v) is 3.99. The molecule has 116 valence electrons. The Hall–Kier alpha value is -3.11. The molecule has 24 heavy (non-hydrogen) atoms. The number of pyridine rings is 3. The Morgan fingerprint density at radius 3 is 2.42 bits per heavy atom. The summed E-state index contributed by atoms with van der Waals surface area (Å²) in [7, 11) is 0. The molecule has 3 heterocycles. The van der Waals surface area contributed by atoms with Crippen LogP contribution in [0.25, 0.3) is 22.2 Å². The van der Waals surface area contributed by atoms with Crippen molar-refractivity contribution < 1.29 is 5.11 Å². The van der Waals surface area contributed by atoms with Crippen molar-refractivity contribution in [1.82, 2.24) is 15.0 Å². The van der Waals surface area contributed by atoms with Gasteiger partial charge in [0.05, 0.1) is 16.9 Å². The van der Waals surface area contributed by atoms with Gasteiger partial charge in [-0.15, -0.1) is 0 Å². The van der Waals surface area contributed by atoms with Gasteiger partial charge in [0, 0.05) is 29.5 Å². The lowest BCUT2D eigenvalue weighted by Crippen LogP contribution is -2.04. The number of hydrogen-bond donors (Lipinski definition) is 1. The summed E-state index contributed by atoms with van der Waals surface area (Å²) < 4.78 is 0. The van der Waals surface area contributed by atoms with E-state index in [1.807, 2.05) is 60.7 Å². The molecule has 0 aliphatic carbocycles. The van der Waals surface area contributed by atoms with E-state index in [4.69, 9.17) is 4.98 Å². The fourth-order valence-corrected chi connectivity index (χ4v) is 2.80. The van der Waals surface area contributed by atoms with Crippen LogP contribution in [0.2, 0.25) is 0 Å². The normalized spacial score (nSPS) is 12.2. The lowest BCUT2D eigenvalue weighted by Gasteiger charge is -2.15. The Morgan fingerprint density at radius 2 is 1.62 bits per heavy atom. The summed E-state index contributed by atoms with van der Waals surface area (Å²) in [6, 6.07) is 19.1. The monoisotopic (exact) mass is 313 g/mol. The Labute approximate surface area is 139 Å². The first kappa shape index (κ1) is 14.5. The molecular weight excluding hydrogens is 298 g/mol. The van der Waals surface area contributed by atoms with Crippen molar-refractivity contribution in [3.63, 3.8) is 0 Å². The Kier molecular flexibility index (Phi) is 3.73. The first-order valence-corrected chi connectivity index (χ1v) is 7.72. The second-order valence-electron chi connectivity index (χ2n) is 5.51. The van der Waals surface area contributed by atoms with Crippen molar-refractivity contribution in [2.24, 2.45) is 0 Å². The fraction of sp³-hybridized carbons (Fsp3) is 0.0500. The predicted molar refractivity (Wildman–Crippen MR) is 93.3 cm³/mol. The minimum absolute atomic E-state index is 0.620. The van der Waals surface area contributed by atoms with Crippen LogP contribution < -0.4 is 0 Å². The van der Waals surface area contributed by atoms with Crippen molar-refractivity contribution >= 4 is 10.9 Å². The van der Waals surface area contributed by atoms with Gasteiger partial charge in [-0.3, -0.25) is 9.97 Å². The van der Waals surface area contributed by atoms with E-state index in [-0.39, 0.29) is 0 Å². The van der Waals surface area contributed by atoms with Gasteiger partial charge in [-0.25, -0.2) is 4.98 Å². The fourth-order valence-electron chi connectivity index (χ4n) is 2.80. The highest BCUT2D eigenvalue weighted by molar-refractivity contribution is 5.85. The lowest BCUT2D eigenvalue weighted by molar-refractivity contribution is 0.217. The van der Waals surface area contributed by atoms with E-state index in [2.05, 4.69) is 9.97 Å². The van der Waals surface area contributed by atoms with E-state index in [1.54, 1.807) is 18.6 Å². The molecule has 4 rings (SSSR count). The van der Waals surface area contributed by atoms with E-state index in [0.29, 0.717) is 5.69 Å². The Balaban J connectivity index is 1.93. The van der Waals surface area contributed by atoms with Gasteiger partial charge in [-0.05, 0) is 42.0 Å². The smallest absolute Gasteiger partial charge is 0.122 e. The Morgan fingerprint density at radius 1 is 0.833 bits per heavy atom. The molecule has 0 fully saturated rings. The molecule has 0 bridgehead atoms. The van der Waals surface area contributed by atoms with E-state index >= 15 is 0 Å². The van der Waals surface area contributed by atoms with E-state index in [9.17, 15) is 5.11 Å². The van der Waals surface area contributed by atoms with Crippen LogP contribution in [0.15, 0.2) is 79.3 Å². The van der Waals surface area contributed by atoms with Gasteiger partial charge in [-0.1, -0.05) is 24.3 Å². The third-order valence-electron chi connectivity index (χ3n) is 3.99. The van der Waals surface area contributed by atoms with Gasteiger partial charge in [0.25, 0.3) is 0 Å². The standard InChI is InChI=1S/C20H15N3O/c24-20(18-7-3-4-10-22-18)16-13-19(14-8-11-21-12-9-14)23-17-6-2-1-5-15(16)17/h1-13,20,24H. The number of hydrogen-bond acceptors (Lipinski definition) is 4. The van der Waals surface area contributed by atoms with E-state index in [1.165, 1.54) is 0 Å². The quantitative estimate of drug-likeness (QED) is 0.625. The number of aliphatic hydroxyl groups excluding tert-OH is 1. The number of rotatable bonds is 3. The van der Waals surface area contributed by atoms with Crippen LogP contribution in [0, 0.1) is 0 Å². The molecule has 0 saturated heterocycles. The zero-order valence-electron chi connectivity index (χ0n) is 12.9. The first-order chi connectivity index (χ1) is 11.8. The molecule has 4 nitrogen and oxygen atoms in total.